The molecule has 0 aromatic carbocycles. The molecule has 2 N–H and O–H groups in total. The Kier molecular flexibility index (Phi) is 6.36. The zero-order chi connectivity index (χ0) is 8.69. The molecule has 0 aliphatic carbocycles. The first kappa shape index (κ1) is 10.8. The zero-order valence-corrected chi connectivity index (χ0v) is 7.78. The number of rotatable bonds is 6. The van der Waals surface area contributed by atoms with E-state index in [1.165, 1.54) is 0 Å². The summed E-state index contributed by atoms with van der Waals surface area (Å²) in [6.45, 7) is 0. The summed E-state index contributed by atoms with van der Waals surface area (Å²) in [6, 6.07) is 0.125. The molecule has 0 radical (unpaired) electrons. The van der Waals surface area contributed by atoms with Gasteiger partial charge in [-0.25, -0.2) is 0 Å². The first-order valence-corrected chi connectivity index (χ1v) is 4.98. The van der Waals surface area contributed by atoms with E-state index in [1.54, 1.807) is 18.8 Å². The van der Waals surface area contributed by atoms with Gasteiger partial charge in [-0.15, -0.1) is 0 Å². The first-order valence-electron chi connectivity index (χ1n) is 3.58. The summed E-state index contributed by atoms with van der Waals surface area (Å²) in [5, 5.41) is 11.4. The van der Waals surface area contributed by atoms with Crippen LogP contribution in [0.2, 0.25) is 0 Å². The highest BCUT2D eigenvalue weighted by Gasteiger charge is 2.09. The van der Waals surface area contributed by atoms with Gasteiger partial charge in [0.1, 0.15) is 0 Å². The Hall–Kier alpha value is -0.220. The zero-order valence-electron chi connectivity index (χ0n) is 6.96. The minimum Gasteiger partial charge on any atom is -0.481 e. The molecule has 1 atom stereocenters. The lowest BCUT2D eigenvalue weighted by atomic mass is 10.1. The van der Waals surface area contributed by atoms with Crippen molar-refractivity contribution >= 4 is 17.7 Å². The molecule has 0 aliphatic rings. The van der Waals surface area contributed by atoms with Crippen molar-refractivity contribution in [1.82, 2.24) is 5.32 Å². The van der Waals surface area contributed by atoms with Gasteiger partial charge in [-0.2, -0.15) is 11.8 Å². The van der Waals surface area contributed by atoms with Gasteiger partial charge in [0.05, 0.1) is 6.42 Å². The van der Waals surface area contributed by atoms with Crippen LogP contribution in [-0.2, 0) is 4.79 Å². The van der Waals surface area contributed by atoms with Gasteiger partial charge in [-0.3, -0.25) is 4.79 Å². The molecule has 0 heterocycles. The number of nitrogens with one attached hydrogen (secondary N) is 1. The van der Waals surface area contributed by atoms with Crippen LogP contribution in [0.5, 0.6) is 0 Å². The van der Waals surface area contributed by atoms with E-state index in [0.717, 1.165) is 12.2 Å². The highest BCUT2D eigenvalue weighted by molar-refractivity contribution is 7.98. The van der Waals surface area contributed by atoms with Gasteiger partial charge < -0.3 is 10.4 Å². The van der Waals surface area contributed by atoms with Gasteiger partial charge in [-0.1, -0.05) is 0 Å². The number of aliphatic carboxylic acids is 1. The molecular weight excluding hydrogens is 162 g/mol. The summed E-state index contributed by atoms with van der Waals surface area (Å²) >= 11 is 1.74. The van der Waals surface area contributed by atoms with Crippen molar-refractivity contribution in [2.75, 3.05) is 19.1 Å². The van der Waals surface area contributed by atoms with E-state index in [0.29, 0.717) is 0 Å². The Morgan fingerprint density at radius 2 is 2.36 bits per heavy atom. The van der Waals surface area contributed by atoms with Crippen LogP contribution in [0.25, 0.3) is 0 Å². The summed E-state index contributed by atoms with van der Waals surface area (Å²) in [6.07, 6.45) is 3.16. The second-order valence-corrected chi connectivity index (χ2v) is 3.35. The van der Waals surface area contributed by atoms with Gasteiger partial charge >= 0.3 is 5.97 Å². The molecule has 0 amide bonds. The van der Waals surface area contributed by atoms with E-state index in [2.05, 4.69) is 5.32 Å². The minimum absolute atomic E-state index is 0.125. The third-order valence-corrected chi connectivity index (χ3v) is 2.14. The van der Waals surface area contributed by atoms with Crippen LogP contribution in [0.4, 0.5) is 0 Å². The quantitative estimate of drug-likeness (QED) is 0.630. The number of hydrogen-bond donors (Lipinski definition) is 2. The van der Waals surface area contributed by atoms with Crippen molar-refractivity contribution in [3.8, 4) is 0 Å². The third-order valence-electron chi connectivity index (χ3n) is 1.50. The van der Waals surface area contributed by atoms with E-state index in [4.69, 9.17) is 5.11 Å². The average Bonchev–Trinajstić information content (AvgIpc) is 1.97. The standard InChI is InChI=1S/C7H15NO2S/c1-8-6(3-4-11-2)5-7(9)10/h6,8H,3-5H2,1-2H3,(H,9,10)/t6-/m0/s1. The topological polar surface area (TPSA) is 49.3 Å². The molecule has 3 nitrogen and oxygen atoms in total. The van der Waals surface area contributed by atoms with Crippen LogP contribution in [0.15, 0.2) is 0 Å². The predicted molar refractivity (Wildman–Crippen MR) is 48.1 cm³/mol. The molecule has 0 aromatic rings. The molecule has 66 valence electrons. The van der Waals surface area contributed by atoms with Crippen molar-refractivity contribution in [3.63, 3.8) is 0 Å². The molecule has 0 fully saturated rings. The molecule has 0 spiro atoms. The largest absolute Gasteiger partial charge is 0.481 e. The number of carboxylic acids is 1. The SMILES string of the molecule is CN[C@@H](CCSC)CC(=O)O. The van der Waals surface area contributed by atoms with E-state index in [-0.39, 0.29) is 12.5 Å². The molecule has 0 aromatic heterocycles. The maximum absolute atomic E-state index is 10.3. The van der Waals surface area contributed by atoms with Crippen LogP contribution in [0.1, 0.15) is 12.8 Å². The van der Waals surface area contributed by atoms with Crippen molar-refractivity contribution in [3.05, 3.63) is 0 Å². The maximum atomic E-state index is 10.3. The Morgan fingerprint density at radius 1 is 1.73 bits per heavy atom. The second kappa shape index (κ2) is 6.49. The first-order chi connectivity index (χ1) is 5.20. The van der Waals surface area contributed by atoms with Crippen LogP contribution in [0, 0.1) is 0 Å². The molecule has 11 heavy (non-hydrogen) atoms. The van der Waals surface area contributed by atoms with Crippen LogP contribution < -0.4 is 5.32 Å². The number of thioether (sulfide) groups is 1. The summed E-state index contributed by atoms with van der Waals surface area (Å²) < 4.78 is 0. The summed E-state index contributed by atoms with van der Waals surface area (Å²) in [4.78, 5) is 10.3. The Bertz CT molecular complexity index is 119. The van der Waals surface area contributed by atoms with Crippen LogP contribution in [-0.4, -0.2) is 36.2 Å². The summed E-state index contributed by atoms with van der Waals surface area (Å²) in [5.74, 6) is 0.282. The normalized spacial score (nSPS) is 12.9. The van der Waals surface area contributed by atoms with Gasteiger partial charge in [-0.05, 0) is 25.5 Å². The number of carboxylic acid groups (broad SMARTS) is 1. The van der Waals surface area contributed by atoms with E-state index in [9.17, 15) is 4.79 Å². The molecule has 4 heteroatoms. The van der Waals surface area contributed by atoms with Gasteiger partial charge in [0.2, 0.25) is 0 Å². The molecule has 0 unspecified atom stereocenters. The monoisotopic (exact) mass is 177 g/mol. The van der Waals surface area contributed by atoms with E-state index < -0.39 is 5.97 Å². The number of hydrogen-bond acceptors (Lipinski definition) is 3. The lowest BCUT2D eigenvalue weighted by Gasteiger charge is -2.11. The predicted octanol–water partition coefficient (Wildman–Crippen LogP) is 0.802. The number of carbonyl (C=O) groups is 1. The average molecular weight is 177 g/mol. The molecule has 0 rings (SSSR count). The summed E-state index contributed by atoms with van der Waals surface area (Å²) in [7, 11) is 1.80. The van der Waals surface area contributed by atoms with Gasteiger partial charge in [0.25, 0.3) is 0 Å². The Balaban J connectivity index is 3.49. The fraction of sp³-hybridized carbons (Fsp3) is 0.857. The third kappa shape index (κ3) is 6.19. The van der Waals surface area contributed by atoms with E-state index >= 15 is 0 Å². The Labute approximate surface area is 71.6 Å². The smallest absolute Gasteiger partial charge is 0.304 e. The lowest BCUT2D eigenvalue weighted by molar-refractivity contribution is -0.137. The maximum Gasteiger partial charge on any atom is 0.304 e. The van der Waals surface area contributed by atoms with Crippen molar-refractivity contribution in [1.29, 1.82) is 0 Å². The molecule has 0 saturated carbocycles. The van der Waals surface area contributed by atoms with E-state index in [1.807, 2.05) is 6.26 Å². The lowest BCUT2D eigenvalue weighted by Crippen LogP contribution is -2.28. The molecule has 0 saturated heterocycles. The van der Waals surface area contributed by atoms with Crippen molar-refractivity contribution in [2.24, 2.45) is 0 Å². The van der Waals surface area contributed by atoms with Gasteiger partial charge in [0.15, 0.2) is 0 Å². The van der Waals surface area contributed by atoms with Crippen LogP contribution >= 0.6 is 11.8 Å². The fourth-order valence-corrected chi connectivity index (χ4v) is 1.34. The highest BCUT2D eigenvalue weighted by atomic mass is 32.2. The molecule has 0 aliphatic heterocycles. The fourth-order valence-electron chi connectivity index (χ4n) is 0.819. The van der Waals surface area contributed by atoms with Crippen molar-refractivity contribution in [2.45, 2.75) is 18.9 Å². The van der Waals surface area contributed by atoms with Gasteiger partial charge in [0, 0.05) is 6.04 Å². The van der Waals surface area contributed by atoms with Crippen LogP contribution in [0.3, 0.4) is 0 Å². The van der Waals surface area contributed by atoms with Crippen molar-refractivity contribution < 1.29 is 9.90 Å². The molecular formula is C7H15NO2S. The highest BCUT2D eigenvalue weighted by Crippen LogP contribution is 2.03. The summed E-state index contributed by atoms with van der Waals surface area (Å²) in [5.41, 5.74) is 0. The molecule has 0 bridgehead atoms. The Morgan fingerprint density at radius 3 is 2.73 bits per heavy atom. The second-order valence-electron chi connectivity index (χ2n) is 2.36. The minimum atomic E-state index is -0.731.